The average Bonchev–Trinajstić information content (AvgIpc) is 3.03. The summed E-state index contributed by atoms with van der Waals surface area (Å²) in [4.78, 5) is 12.6. The van der Waals surface area contributed by atoms with E-state index < -0.39 is 6.09 Å². The zero-order valence-corrected chi connectivity index (χ0v) is 11.7. The Bertz CT molecular complexity index is 418. The van der Waals surface area contributed by atoms with Gasteiger partial charge in [-0.3, -0.25) is 0 Å². The van der Waals surface area contributed by atoms with Gasteiger partial charge in [0.05, 0.1) is 0 Å². The molecule has 0 bridgehead atoms. The van der Waals surface area contributed by atoms with Crippen LogP contribution in [0.2, 0.25) is 0 Å². The van der Waals surface area contributed by atoms with E-state index in [-0.39, 0.29) is 6.04 Å². The molecule has 0 spiro atoms. The van der Waals surface area contributed by atoms with E-state index >= 15 is 0 Å². The summed E-state index contributed by atoms with van der Waals surface area (Å²) in [6.45, 7) is 0.464. The first-order chi connectivity index (χ1) is 7.58. The summed E-state index contributed by atoms with van der Waals surface area (Å²) in [7, 11) is 0. The highest BCUT2D eigenvalue weighted by Gasteiger charge is 2.32. The van der Waals surface area contributed by atoms with Crippen LogP contribution >= 0.6 is 31.9 Å². The van der Waals surface area contributed by atoms with Crippen molar-refractivity contribution in [2.75, 3.05) is 0 Å². The van der Waals surface area contributed by atoms with Crippen LogP contribution in [0.1, 0.15) is 18.4 Å². The van der Waals surface area contributed by atoms with Crippen molar-refractivity contribution < 1.29 is 9.90 Å². The van der Waals surface area contributed by atoms with Crippen LogP contribution in [-0.4, -0.2) is 22.1 Å². The molecule has 1 aromatic carbocycles. The lowest BCUT2D eigenvalue weighted by Gasteiger charge is -2.18. The first-order valence-electron chi connectivity index (χ1n) is 5.01. The lowest BCUT2D eigenvalue weighted by atomic mass is 10.2. The maximum absolute atomic E-state index is 11.0. The quantitative estimate of drug-likeness (QED) is 0.901. The fraction of sp³-hybridized carbons (Fsp3) is 0.364. The monoisotopic (exact) mass is 347 g/mol. The van der Waals surface area contributed by atoms with Gasteiger partial charge < -0.3 is 10.0 Å². The number of carbonyl (C=O) groups is 1. The summed E-state index contributed by atoms with van der Waals surface area (Å²) in [6.07, 6.45) is 1.15. The molecule has 86 valence electrons. The van der Waals surface area contributed by atoms with E-state index in [1.54, 1.807) is 0 Å². The van der Waals surface area contributed by atoms with E-state index in [1.807, 2.05) is 18.2 Å². The van der Waals surface area contributed by atoms with Crippen LogP contribution < -0.4 is 0 Å². The summed E-state index contributed by atoms with van der Waals surface area (Å²) in [6, 6.07) is 6.03. The molecule has 1 amide bonds. The van der Waals surface area contributed by atoms with Gasteiger partial charge in [0.15, 0.2) is 0 Å². The molecule has 16 heavy (non-hydrogen) atoms. The van der Waals surface area contributed by atoms with Crippen LogP contribution in [0.15, 0.2) is 27.1 Å². The Hall–Kier alpha value is -0.550. The largest absolute Gasteiger partial charge is 0.465 e. The van der Waals surface area contributed by atoms with Gasteiger partial charge in [0, 0.05) is 21.5 Å². The maximum atomic E-state index is 11.0. The van der Waals surface area contributed by atoms with Crippen LogP contribution in [0.5, 0.6) is 0 Å². The second-order valence-electron chi connectivity index (χ2n) is 3.89. The van der Waals surface area contributed by atoms with Crippen LogP contribution in [0.3, 0.4) is 0 Å². The van der Waals surface area contributed by atoms with E-state index in [0.717, 1.165) is 27.4 Å². The molecule has 1 saturated carbocycles. The Kier molecular flexibility index (Phi) is 3.54. The van der Waals surface area contributed by atoms with Gasteiger partial charge in [-0.1, -0.05) is 6.07 Å². The first kappa shape index (κ1) is 11.9. The lowest BCUT2D eigenvalue weighted by molar-refractivity contribution is 0.139. The normalized spacial score (nSPS) is 14.9. The molecule has 0 aromatic heterocycles. The van der Waals surface area contributed by atoms with E-state index in [9.17, 15) is 4.79 Å². The van der Waals surface area contributed by atoms with Crippen molar-refractivity contribution in [2.24, 2.45) is 0 Å². The smallest absolute Gasteiger partial charge is 0.407 e. The van der Waals surface area contributed by atoms with E-state index in [1.165, 1.54) is 4.90 Å². The molecule has 0 atom stereocenters. The molecule has 1 fully saturated rings. The Balaban J connectivity index is 2.12. The number of halogens is 2. The molecule has 0 saturated heterocycles. The SMILES string of the molecule is O=C(O)N(Cc1ccc(Br)c(Br)c1)C1CC1. The van der Waals surface area contributed by atoms with Crippen molar-refractivity contribution >= 4 is 38.0 Å². The van der Waals surface area contributed by atoms with Gasteiger partial charge in [-0.15, -0.1) is 0 Å². The van der Waals surface area contributed by atoms with Crippen molar-refractivity contribution in [3.63, 3.8) is 0 Å². The minimum absolute atomic E-state index is 0.222. The number of carboxylic acid groups (broad SMARTS) is 1. The molecule has 1 N–H and O–H groups in total. The molecule has 1 aliphatic carbocycles. The molecule has 3 nitrogen and oxygen atoms in total. The molecule has 0 unspecified atom stereocenters. The third-order valence-corrected chi connectivity index (χ3v) is 4.45. The van der Waals surface area contributed by atoms with Crippen LogP contribution in [0.25, 0.3) is 0 Å². The predicted octanol–water partition coefficient (Wildman–Crippen LogP) is 3.85. The number of hydrogen-bond donors (Lipinski definition) is 1. The molecule has 5 heteroatoms. The fourth-order valence-corrected chi connectivity index (χ4v) is 2.25. The predicted molar refractivity (Wildman–Crippen MR) is 68.4 cm³/mol. The molecule has 0 heterocycles. The van der Waals surface area contributed by atoms with Gasteiger partial charge in [0.25, 0.3) is 0 Å². The van der Waals surface area contributed by atoms with E-state index in [4.69, 9.17) is 5.11 Å². The fourth-order valence-electron chi connectivity index (χ4n) is 1.57. The van der Waals surface area contributed by atoms with Gasteiger partial charge in [0.1, 0.15) is 0 Å². The molecular formula is C11H11Br2NO2. The number of hydrogen-bond acceptors (Lipinski definition) is 1. The number of benzene rings is 1. The van der Waals surface area contributed by atoms with Crippen molar-refractivity contribution in [3.8, 4) is 0 Å². The highest BCUT2D eigenvalue weighted by Crippen LogP contribution is 2.30. The summed E-state index contributed by atoms with van der Waals surface area (Å²) in [5, 5.41) is 9.07. The molecule has 1 aromatic rings. The molecular weight excluding hydrogens is 338 g/mol. The number of rotatable bonds is 3. The second kappa shape index (κ2) is 4.75. The summed E-state index contributed by atoms with van der Waals surface area (Å²) in [5.41, 5.74) is 1.00. The van der Waals surface area contributed by atoms with Gasteiger partial charge in [0.2, 0.25) is 0 Å². The highest BCUT2D eigenvalue weighted by molar-refractivity contribution is 9.13. The van der Waals surface area contributed by atoms with E-state index in [2.05, 4.69) is 31.9 Å². The third-order valence-electron chi connectivity index (χ3n) is 2.57. The first-order valence-corrected chi connectivity index (χ1v) is 6.60. The second-order valence-corrected chi connectivity index (χ2v) is 5.60. The van der Waals surface area contributed by atoms with Crippen molar-refractivity contribution in [3.05, 3.63) is 32.7 Å². The zero-order chi connectivity index (χ0) is 11.7. The third kappa shape index (κ3) is 2.77. The Morgan fingerprint density at radius 3 is 2.56 bits per heavy atom. The minimum atomic E-state index is -0.832. The minimum Gasteiger partial charge on any atom is -0.465 e. The Morgan fingerprint density at radius 1 is 1.38 bits per heavy atom. The topological polar surface area (TPSA) is 40.5 Å². The summed E-state index contributed by atoms with van der Waals surface area (Å²) < 4.78 is 1.93. The highest BCUT2D eigenvalue weighted by atomic mass is 79.9. The number of nitrogens with zero attached hydrogens (tertiary/aromatic N) is 1. The molecule has 0 aliphatic heterocycles. The molecule has 1 aliphatic rings. The lowest BCUT2D eigenvalue weighted by Crippen LogP contribution is -2.30. The van der Waals surface area contributed by atoms with Crippen LogP contribution in [0, 0.1) is 0 Å². The van der Waals surface area contributed by atoms with Crippen molar-refractivity contribution in [1.82, 2.24) is 4.90 Å². The average molecular weight is 349 g/mol. The van der Waals surface area contributed by atoms with Crippen molar-refractivity contribution in [2.45, 2.75) is 25.4 Å². The zero-order valence-electron chi connectivity index (χ0n) is 8.49. The maximum Gasteiger partial charge on any atom is 0.407 e. The summed E-state index contributed by atoms with van der Waals surface area (Å²) in [5.74, 6) is 0. The van der Waals surface area contributed by atoms with Gasteiger partial charge in [-0.25, -0.2) is 4.79 Å². The Labute approximate surface area is 111 Å². The Morgan fingerprint density at radius 2 is 2.06 bits per heavy atom. The summed E-state index contributed by atoms with van der Waals surface area (Å²) >= 11 is 6.80. The van der Waals surface area contributed by atoms with Gasteiger partial charge >= 0.3 is 6.09 Å². The van der Waals surface area contributed by atoms with Crippen LogP contribution in [0.4, 0.5) is 4.79 Å². The van der Waals surface area contributed by atoms with E-state index in [0.29, 0.717) is 6.54 Å². The van der Waals surface area contributed by atoms with Crippen molar-refractivity contribution in [1.29, 1.82) is 0 Å². The van der Waals surface area contributed by atoms with Crippen LogP contribution in [-0.2, 0) is 6.54 Å². The number of amides is 1. The van der Waals surface area contributed by atoms with Gasteiger partial charge in [-0.2, -0.15) is 0 Å². The molecule has 2 rings (SSSR count). The standard InChI is InChI=1S/C11H11Br2NO2/c12-9-4-1-7(5-10(9)13)6-14(11(15)16)8-2-3-8/h1,4-5,8H,2-3,6H2,(H,15,16). The van der Waals surface area contributed by atoms with Gasteiger partial charge in [-0.05, 0) is 62.4 Å². The molecule has 0 radical (unpaired) electrons.